The number of hydrogen-bond donors (Lipinski definition) is 2. The fourth-order valence-corrected chi connectivity index (χ4v) is 2.15. The number of aliphatic hydroxyl groups is 1. The Hall–Kier alpha value is -1.91. The molecule has 0 radical (unpaired) electrons. The first-order valence-corrected chi connectivity index (χ1v) is 6.91. The smallest absolute Gasteiger partial charge is 0.129 e. The molecule has 0 fully saturated rings. The van der Waals surface area contributed by atoms with Gasteiger partial charge in [0.05, 0.1) is 13.2 Å². The lowest BCUT2D eigenvalue weighted by Crippen LogP contribution is -2.25. The van der Waals surface area contributed by atoms with E-state index in [0.29, 0.717) is 5.56 Å². The normalized spacial score (nSPS) is 13.7. The molecular formula is C17H20FNO2. The van der Waals surface area contributed by atoms with Crippen molar-refractivity contribution in [1.82, 2.24) is 5.32 Å². The van der Waals surface area contributed by atoms with E-state index in [1.807, 2.05) is 31.2 Å². The van der Waals surface area contributed by atoms with Crippen molar-refractivity contribution in [3.8, 4) is 5.75 Å². The van der Waals surface area contributed by atoms with Crippen molar-refractivity contribution in [2.75, 3.05) is 13.7 Å². The van der Waals surface area contributed by atoms with Gasteiger partial charge in [0.15, 0.2) is 0 Å². The second-order valence-corrected chi connectivity index (χ2v) is 4.94. The summed E-state index contributed by atoms with van der Waals surface area (Å²) < 4.78 is 18.7. The highest BCUT2D eigenvalue weighted by Gasteiger charge is 2.13. The predicted molar refractivity (Wildman–Crippen MR) is 80.8 cm³/mol. The zero-order valence-electron chi connectivity index (χ0n) is 12.2. The Kier molecular flexibility index (Phi) is 5.31. The largest absolute Gasteiger partial charge is 0.497 e. The molecule has 2 aromatic rings. The van der Waals surface area contributed by atoms with Gasteiger partial charge in [-0.1, -0.05) is 30.3 Å². The minimum Gasteiger partial charge on any atom is -0.497 e. The monoisotopic (exact) mass is 289 g/mol. The van der Waals surface area contributed by atoms with Crippen molar-refractivity contribution in [2.24, 2.45) is 0 Å². The molecule has 0 heterocycles. The second kappa shape index (κ2) is 7.20. The first-order chi connectivity index (χ1) is 10.1. The number of halogens is 1. The van der Waals surface area contributed by atoms with Crippen LogP contribution in [0.15, 0.2) is 48.5 Å². The van der Waals surface area contributed by atoms with E-state index in [0.717, 1.165) is 11.3 Å². The van der Waals surface area contributed by atoms with E-state index in [-0.39, 0.29) is 18.4 Å². The minimum absolute atomic E-state index is 0.0531. The summed E-state index contributed by atoms with van der Waals surface area (Å²) in [6, 6.07) is 14.0. The van der Waals surface area contributed by atoms with E-state index in [9.17, 15) is 9.50 Å². The molecule has 0 saturated carbocycles. The standard InChI is InChI=1S/C17H20FNO2/c1-12(13-7-9-14(21-2)10-8-13)19-11-17(20)15-5-3-4-6-16(15)18/h3-10,12,17,19-20H,11H2,1-2H3. The summed E-state index contributed by atoms with van der Waals surface area (Å²) >= 11 is 0. The molecule has 2 unspecified atom stereocenters. The van der Waals surface area contributed by atoms with E-state index in [4.69, 9.17) is 4.74 Å². The van der Waals surface area contributed by atoms with E-state index >= 15 is 0 Å². The summed E-state index contributed by atoms with van der Waals surface area (Å²) in [6.07, 6.45) is -0.869. The maximum Gasteiger partial charge on any atom is 0.129 e. The average Bonchev–Trinajstić information content (AvgIpc) is 2.52. The lowest BCUT2D eigenvalue weighted by molar-refractivity contribution is 0.166. The van der Waals surface area contributed by atoms with E-state index in [1.165, 1.54) is 6.07 Å². The second-order valence-electron chi connectivity index (χ2n) is 4.94. The van der Waals surface area contributed by atoms with E-state index in [2.05, 4.69) is 5.32 Å². The van der Waals surface area contributed by atoms with Crippen molar-refractivity contribution in [3.63, 3.8) is 0 Å². The van der Waals surface area contributed by atoms with Crippen LogP contribution in [-0.2, 0) is 0 Å². The van der Waals surface area contributed by atoms with Crippen LogP contribution >= 0.6 is 0 Å². The summed E-state index contributed by atoms with van der Waals surface area (Å²) in [7, 11) is 1.63. The van der Waals surface area contributed by atoms with E-state index in [1.54, 1.807) is 25.3 Å². The van der Waals surface area contributed by atoms with Crippen LogP contribution in [0.5, 0.6) is 5.75 Å². The molecule has 0 aliphatic rings. The van der Waals surface area contributed by atoms with Gasteiger partial charge in [0.25, 0.3) is 0 Å². The van der Waals surface area contributed by atoms with Gasteiger partial charge in [0.1, 0.15) is 11.6 Å². The Bertz CT molecular complexity index is 571. The molecule has 21 heavy (non-hydrogen) atoms. The van der Waals surface area contributed by atoms with Crippen LogP contribution in [0.2, 0.25) is 0 Å². The third-order valence-electron chi connectivity index (χ3n) is 3.50. The molecule has 0 amide bonds. The van der Waals surface area contributed by atoms with Gasteiger partial charge >= 0.3 is 0 Å². The van der Waals surface area contributed by atoms with Gasteiger partial charge < -0.3 is 15.2 Å². The lowest BCUT2D eigenvalue weighted by Gasteiger charge is -2.18. The van der Waals surface area contributed by atoms with Gasteiger partial charge in [-0.2, -0.15) is 0 Å². The summed E-state index contributed by atoms with van der Waals surface area (Å²) in [4.78, 5) is 0. The summed E-state index contributed by atoms with van der Waals surface area (Å²) in [5.41, 5.74) is 1.39. The Morgan fingerprint density at radius 2 is 1.81 bits per heavy atom. The molecule has 0 bridgehead atoms. The minimum atomic E-state index is -0.869. The highest BCUT2D eigenvalue weighted by Crippen LogP contribution is 2.19. The molecule has 112 valence electrons. The summed E-state index contributed by atoms with van der Waals surface area (Å²) in [5.74, 6) is 0.418. The Morgan fingerprint density at radius 1 is 1.14 bits per heavy atom. The van der Waals surface area contributed by atoms with Gasteiger partial charge in [0.2, 0.25) is 0 Å². The number of benzene rings is 2. The van der Waals surface area contributed by atoms with Gasteiger partial charge in [-0.05, 0) is 30.7 Å². The number of ether oxygens (including phenoxy) is 1. The molecule has 0 spiro atoms. The first-order valence-electron chi connectivity index (χ1n) is 6.91. The molecule has 2 atom stereocenters. The van der Waals surface area contributed by atoms with Crippen molar-refractivity contribution in [2.45, 2.75) is 19.1 Å². The lowest BCUT2D eigenvalue weighted by atomic mass is 10.1. The molecule has 3 nitrogen and oxygen atoms in total. The van der Waals surface area contributed by atoms with Crippen molar-refractivity contribution >= 4 is 0 Å². The SMILES string of the molecule is COc1ccc(C(C)NCC(O)c2ccccc2F)cc1. The van der Waals surface area contributed by atoms with Crippen LogP contribution < -0.4 is 10.1 Å². The molecule has 2 N–H and O–H groups in total. The van der Waals surface area contributed by atoms with Crippen LogP contribution in [0, 0.1) is 5.82 Å². The number of aliphatic hydroxyl groups excluding tert-OH is 1. The van der Waals surface area contributed by atoms with Crippen molar-refractivity contribution in [1.29, 1.82) is 0 Å². The van der Waals surface area contributed by atoms with Crippen LogP contribution in [0.3, 0.4) is 0 Å². The van der Waals surface area contributed by atoms with Crippen LogP contribution in [0.25, 0.3) is 0 Å². The Morgan fingerprint density at radius 3 is 2.43 bits per heavy atom. The predicted octanol–water partition coefficient (Wildman–Crippen LogP) is 3.22. The third kappa shape index (κ3) is 4.03. The number of hydrogen-bond acceptors (Lipinski definition) is 3. The van der Waals surface area contributed by atoms with Gasteiger partial charge in [-0.15, -0.1) is 0 Å². The molecule has 4 heteroatoms. The highest BCUT2D eigenvalue weighted by molar-refractivity contribution is 5.29. The Labute approximate surface area is 124 Å². The van der Waals surface area contributed by atoms with Gasteiger partial charge in [0, 0.05) is 18.2 Å². The van der Waals surface area contributed by atoms with Crippen LogP contribution in [0.4, 0.5) is 4.39 Å². The number of methoxy groups -OCH3 is 1. The zero-order valence-corrected chi connectivity index (χ0v) is 12.2. The maximum absolute atomic E-state index is 13.6. The van der Waals surface area contributed by atoms with Crippen LogP contribution in [-0.4, -0.2) is 18.8 Å². The van der Waals surface area contributed by atoms with Gasteiger partial charge in [-0.25, -0.2) is 4.39 Å². The first kappa shape index (κ1) is 15.5. The third-order valence-corrected chi connectivity index (χ3v) is 3.50. The fraction of sp³-hybridized carbons (Fsp3) is 0.294. The highest BCUT2D eigenvalue weighted by atomic mass is 19.1. The fourth-order valence-electron chi connectivity index (χ4n) is 2.15. The number of nitrogens with one attached hydrogen (secondary N) is 1. The molecule has 0 aliphatic carbocycles. The molecule has 2 rings (SSSR count). The molecule has 0 aliphatic heterocycles. The van der Waals surface area contributed by atoms with Crippen molar-refractivity contribution < 1.29 is 14.2 Å². The topological polar surface area (TPSA) is 41.5 Å². The van der Waals surface area contributed by atoms with Crippen molar-refractivity contribution in [3.05, 3.63) is 65.5 Å². The summed E-state index contributed by atoms with van der Waals surface area (Å²) in [6.45, 7) is 2.28. The zero-order chi connectivity index (χ0) is 15.2. The molecule has 0 aromatic heterocycles. The summed E-state index contributed by atoms with van der Waals surface area (Å²) in [5, 5.41) is 13.3. The van der Waals surface area contributed by atoms with Crippen LogP contribution in [0.1, 0.15) is 30.2 Å². The maximum atomic E-state index is 13.6. The number of rotatable bonds is 6. The molecule has 0 saturated heterocycles. The average molecular weight is 289 g/mol. The molecule has 2 aromatic carbocycles. The van der Waals surface area contributed by atoms with E-state index < -0.39 is 6.10 Å². The molecular weight excluding hydrogens is 269 g/mol. The Balaban J connectivity index is 1.94. The van der Waals surface area contributed by atoms with Gasteiger partial charge in [-0.3, -0.25) is 0 Å². The quantitative estimate of drug-likeness (QED) is 0.858.